The van der Waals surface area contributed by atoms with E-state index in [1.54, 1.807) is 14.0 Å². The molecule has 32 heavy (non-hydrogen) atoms. The molecule has 5 heteroatoms. The van der Waals surface area contributed by atoms with Gasteiger partial charge in [-0.25, -0.2) is 4.79 Å². The number of nitrogens with one attached hydrogen (secondary N) is 1. The summed E-state index contributed by atoms with van der Waals surface area (Å²) in [5, 5.41) is 3.39. The molecule has 0 aromatic heterocycles. The van der Waals surface area contributed by atoms with Crippen LogP contribution in [-0.2, 0) is 14.3 Å². The van der Waals surface area contributed by atoms with Crippen LogP contribution >= 0.6 is 0 Å². The standard InChI is InChI=1S/C27H29NO4/c1-5-32-27(30)24-17(3)28-22-14-19(18-10-8-11-20(13-18)31-4)15-23(29)26(22)25(24)21-12-7-6-9-16(21)2/h6-13,19,25,28H,5,14-15H2,1-4H3. The lowest BCUT2D eigenvalue weighted by molar-refractivity contribution is -0.138. The van der Waals surface area contributed by atoms with Crippen molar-refractivity contribution in [2.75, 3.05) is 13.7 Å². The number of hydrogen-bond donors (Lipinski definition) is 1. The van der Waals surface area contributed by atoms with Crippen molar-refractivity contribution >= 4 is 11.8 Å². The lowest BCUT2D eigenvalue weighted by Gasteiger charge is -2.37. The van der Waals surface area contributed by atoms with Gasteiger partial charge in [-0.3, -0.25) is 4.79 Å². The Bertz CT molecular complexity index is 1130. The first kappa shape index (κ1) is 21.9. The molecule has 166 valence electrons. The number of dihydropyridines is 1. The number of ether oxygens (including phenoxy) is 2. The van der Waals surface area contributed by atoms with Crippen LogP contribution in [0.5, 0.6) is 5.75 Å². The fourth-order valence-electron chi connectivity index (χ4n) is 4.87. The van der Waals surface area contributed by atoms with E-state index >= 15 is 0 Å². The summed E-state index contributed by atoms with van der Waals surface area (Å²) in [7, 11) is 1.65. The van der Waals surface area contributed by atoms with Crippen molar-refractivity contribution in [2.24, 2.45) is 0 Å². The van der Waals surface area contributed by atoms with Gasteiger partial charge in [0.05, 0.1) is 19.3 Å². The molecule has 1 heterocycles. The number of aryl methyl sites for hydroxylation is 1. The molecule has 0 amide bonds. The molecule has 1 aliphatic heterocycles. The van der Waals surface area contributed by atoms with Crippen LogP contribution in [0.2, 0.25) is 0 Å². The first-order chi connectivity index (χ1) is 15.4. The Morgan fingerprint density at radius 2 is 1.88 bits per heavy atom. The maximum Gasteiger partial charge on any atom is 0.336 e. The van der Waals surface area contributed by atoms with Crippen LogP contribution in [0.3, 0.4) is 0 Å². The fourth-order valence-corrected chi connectivity index (χ4v) is 4.87. The van der Waals surface area contributed by atoms with Crippen LogP contribution < -0.4 is 10.1 Å². The smallest absolute Gasteiger partial charge is 0.336 e. The fraction of sp³-hybridized carbons (Fsp3) is 0.333. The van der Waals surface area contributed by atoms with Crippen LogP contribution in [0.25, 0.3) is 0 Å². The van der Waals surface area contributed by atoms with Crippen LogP contribution in [-0.4, -0.2) is 25.5 Å². The molecular formula is C27H29NO4. The van der Waals surface area contributed by atoms with Crippen LogP contribution in [0, 0.1) is 6.92 Å². The summed E-state index contributed by atoms with van der Waals surface area (Å²) < 4.78 is 10.8. The normalized spacial score (nSPS) is 20.6. The van der Waals surface area contributed by atoms with E-state index in [1.807, 2.05) is 62.4 Å². The topological polar surface area (TPSA) is 64.6 Å². The van der Waals surface area contributed by atoms with Crippen molar-refractivity contribution in [2.45, 2.75) is 45.4 Å². The lowest BCUT2D eigenvalue weighted by Crippen LogP contribution is -2.36. The monoisotopic (exact) mass is 431 g/mol. The molecule has 0 spiro atoms. The van der Waals surface area contributed by atoms with Gasteiger partial charge in [-0.15, -0.1) is 0 Å². The molecule has 0 radical (unpaired) electrons. The minimum atomic E-state index is -0.426. The number of rotatable bonds is 5. The van der Waals surface area contributed by atoms with Crippen LogP contribution in [0.1, 0.15) is 55.2 Å². The van der Waals surface area contributed by atoms with Gasteiger partial charge in [0.25, 0.3) is 0 Å². The Morgan fingerprint density at radius 3 is 2.59 bits per heavy atom. The Morgan fingerprint density at radius 1 is 1.09 bits per heavy atom. The highest BCUT2D eigenvalue weighted by Crippen LogP contribution is 2.46. The van der Waals surface area contributed by atoms with Crippen molar-refractivity contribution in [3.05, 3.63) is 87.8 Å². The minimum Gasteiger partial charge on any atom is -0.497 e. The maximum atomic E-state index is 13.6. The van der Waals surface area contributed by atoms with Gasteiger partial charge >= 0.3 is 5.97 Å². The molecule has 0 saturated heterocycles. The van der Waals surface area contributed by atoms with E-state index in [1.165, 1.54) is 0 Å². The van der Waals surface area contributed by atoms with Gasteiger partial charge in [0.15, 0.2) is 5.78 Å². The molecular weight excluding hydrogens is 402 g/mol. The van der Waals surface area contributed by atoms with Crippen molar-refractivity contribution in [3.8, 4) is 5.75 Å². The first-order valence-electron chi connectivity index (χ1n) is 11.0. The highest BCUT2D eigenvalue weighted by Gasteiger charge is 2.41. The minimum absolute atomic E-state index is 0.0540. The summed E-state index contributed by atoms with van der Waals surface area (Å²) in [6, 6.07) is 15.8. The number of benzene rings is 2. The Labute approximate surface area is 189 Å². The molecule has 5 nitrogen and oxygen atoms in total. The third-order valence-electron chi connectivity index (χ3n) is 6.39. The van der Waals surface area contributed by atoms with E-state index in [-0.39, 0.29) is 24.3 Å². The molecule has 1 N–H and O–H groups in total. The predicted octanol–water partition coefficient (Wildman–Crippen LogP) is 4.93. The number of esters is 1. The molecule has 2 aromatic carbocycles. The van der Waals surface area contributed by atoms with E-state index in [0.717, 1.165) is 33.8 Å². The number of Topliss-reactive ketones (excluding diaryl/α,β-unsaturated/α-hetero) is 1. The summed E-state index contributed by atoms with van der Waals surface area (Å²) in [5.41, 5.74) is 5.94. The predicted molar refractivity (Wildman–Crippen MR) is 123 cm³/mol. The third-order valence-corrected chi connectivity index (χ3v) is 6.39. The lowest BCUT2D eigenvalue weighted by atomic mass is 9.71. The van der Waals surface area contributed by atoms with Crippen LogP contribution in [0.4, 0.5) is 0 Å². The van der Waals surface area contributed by atoms with Gasteiger partial charge in [0.1, 0.15) is 5.75 Å². The van der Waals surface area contributed by atoms with Gasteiger partial charge in [-0.2, -0.15) is 0 Å². The van der Waals surface area contributed by atoms with Crippen molar-refractivity contribution in [1.82, 2.24) is 5.32 Å². The molecule has 4 rings (SSSR count). The van der Waals surface area contributed by atoms with E-state index in [9.17, 15) is 9.59 Å². The van der Waals surface area contributed by atoms with E-state index in [4.69, 9.17) is 9.47 Å². The largest absolute Gasteiger partial charge is 0.497 e. The average molecular weight is 432 g/mol. The number of hydrogen-bond acceptors (Lipinski definition) is 5. The zero-order chi connectivity index (χ0) is 22.8. The average Bonchev–Trinajstić information content (AvgIpc) is 2.78. The Kier molecular flexibility index (Phi) is 6.17. The summed E-state index contributed by atoms with van der Waals surface area (Å²) in [6.45, 7) is 5.99. The van der Waals surface area contributed by atoms with Crippen molar-refractivity contribution in [1.29, 1.82) is 0 Å². The zero-order valence-electron chi connectivity index (χ0n) is 19.0. The summed E-state index contributed by atoms with van der Waals surface area (Å²) in [4.78, 5) is 26.6. The molecule has 2 unspecified atom stereocenters. The van der Waals surface area contributed by atoms with Gasteiger partial charge in [-0.1, -0.05) is 36.4 Å². The summed E-state index contributed by atoms with van der Waals surface area (Å²) in [6.07, 6.45) is 1.09. The highest BCUT2D eigenvalue weighted by atomic mass is 16.5. The van der Waals surface area contributed by atoms with E-state index in [2.05, 4.69) is 5.32 Å². The number of carbonyl (C=O) groups excluding carboxylic acids is 2. The van der Waals surface area contributed by atoms with Gasteiger partial charge in [0, 0.05) is 29.3 Å². The molecule has 2 atom stereocenters. The van der Waals surface area contributed by atoms with E-state index in [0.29, 0.717) is 24.0 Å². The number of ketones is 1. The molecule has 0 saturated carbocycles. The maximum absolute atomic E-state index is 13.6. The second-order valence-corrected chi connectivity index (χ2v) is 8.37. The third kappa shape index (κ3) is 3.95. The number of allylic oxidation sites excluding steroid dienone is 3. The highest BCUT2D eigenvalue weighted by molar-refractivity contribution is 6.04. The molecule has 0 bridgehead atoms. The summed E-state index contributed by atoms with van der Waals surface area (Å²) in [5.74, 6) is 0.0995. The van der Waals surface area contributed by atoms with E-state index < -0.39 is 5.92 Å². The van der Waals surface area contributed by atoms with Crippen molar-refractivity contribution < 1.29 is 19.1 Å². The first-order valence-corrected chi connectivity index (χ1v) is 11.0. The van der Waals surface area contributed by atoms with Gasteiger partial charge in [0.2, 0.25) is 0 Å². The molecule has 2 aromatic rings. The summed E-state index contributed by atoms with van der Waals surface area (Å²) >= 11 is 0. The Balaban J connectivity index is 1.80. The zero-order valence-corrected chi connectivity index (χ0v) is 19.0. The van der Waals surface area contributed by atoms with Crippen molar-refractivity contribution in [3.63, 3.8) is 0 Å². The second kappa shape index (κ2) is 9.03. The van der Waals surface area contributed by atoms with Gasteiger partial charge < -0.3 is 14.8 Å². The Hall–Kier alpha value is -3.34. The van der Waals surface area contributed by atoms with Crippen LogP contribution in [0.15, 0.2) is 71.1 Å². The SMILES string of the molecule is CCOC(=O)C1=C(C)NC2=C(C(=O)CC(c3cccc(OC)c3)C2)C1c1ccccc1C. The van der Waals surface area contributed by atoms with Gasteiger partial charge in [-0.05, 0) is 61.9 Å². The number of methoxy groups -OCH3 is 1. The second-order valence-electron chi connectivity index (χ2n) is 8.37. The molecule has 2 aliphatic rings. The number of carbonyl (C=O) groups is 2. The molecule has 1 aliphatic carbocycles. The molecule has 0 fully saturated rings. The quantitative estimate of drug-likeness (QED) is 0.680.